The maximum atomic E-state index is 14.2. The fourth-order valence-corrected chi connectivity index (χ4v) is 16.3. The number of esters is 6. The van der Waals surface area contributed by atoms with Gasteiger partial charge in [-0.1, -0.05) is 109 Å². The Morgan fingerprint density at radius 3 is 0.919 bits per heavy atom. The zero-order valence-corrected chi connectivity index (χ0v) is 55.2. The van der Waals surface area contributed by atoms with E-state index >= 15 is 0 Å². The lowest BCUT2D eigenvalue weighted by Crippen LogP contribution is -2.38. The second-order valence-corrected chi connectivity index (χ2v) is 27.4. The Morgan fingerprint density at radius 1 is 0.333 bits per heavy atom. The van der Waals surface area contributed by atoms with Crippen molar-refractivity contribution >= 4 is 79.4 Å². The summed E-state index contributed by atoms with van der Waals surface area (Å²) >= 11 is 0. The minimum Gasteiger partial charge on any atom is -0.464 e. The summed E-state index contributed by atoms with van der Waals surface area (Å²) in [5, 5.41) is 3.81. The topological polar surface area (TPSA) is 325 Å². The van der Waals surface area contributed by atoms with E-state index in [2.05, 4.69) is 19.9 Å². The lowest BCUT2D eigenvalue weighted by Gasteiger charge is -2.31. The molecule has 0 spiro atoms. The average Bonchev–Trinajstić information content (AvgIpc) is 1.63. The van der Waals surface area contributed by atoms with Gasteiger partial charge in [0.25, 0.3) is 0 Å². The molecule has 0 amide bonds. The van der Waals surface area contributed by atoms with Crippen LogP contribution in [0.3, 0.4) is 0 Å². The summed E-state index contributed by atoms with van der Waals surface area (Å²) in [7, 11) is 0. The van der Waals surface area contributed by atoms with Crippen LogP contribution in [0.2, 0.25) is 0 Å². The first kappa shape index (κ1) is 67.7. The molecule has 3 fully saturated rings. The lowest BCUT2D eigenvalue weighted by molar-refractivity contribution is -0.151. The van der Waals surface area contributed by atoms with E-state index in [1.54, 1.807) is 48.5 Å². The molecular formula is C79H86N8O12. The molecule has 20 nitrogen and oxygen atoms in total. The van der Waals surface area contributed by atoms with Gasteiger partial charge >= 0.3 is 35.8 Å². The number of hydrogen-bond donors (Lipinski definition) is 8. The van der Waals surface area contributed by atoms with E-state index in [0.717, 1.165) is 78.7 Å². The Labute approximate surface area is 573 Å². The Hall–Kier alpha value is -9.86. The van der Waals surface area contributed by atoms with E-state index in [4.69, 9.17) is 51.4 Å². The number of ether oxygens (including phenoxy) is 6. The van der Waals surface area contributed by atoms with Crippen molar-refractivity contribution in [3.8, 4) is 0 Å². The highest BCUT2D eigenvalue weighted by molar-refractivity contribution is 5.91. The Kier molecular flexibility index (Phi) is 21.1. The first-order chi connectivity index (χ1) is 48.2. The van der Waals surface area contributed by atoms with Crippen molar-refractivity contribution in [3.63, 3.8) is 0 Å². The third-order valence-electron chi connectivity index (χ3n) is 21.5. The largest absolute Gasteiger partial charge is 0.464 e. The summed E-state index contributed by atoms with van der Waals surface area (Å²) in [4.78, 5) is 97.8. The van der Waals surface area contributed by atoms with Crippen LogP contribution in [0.15, 0.2) is 183 Å². The third kappa shape index (κ3) is 15.5. The lowest BCUT2D eigenvalue weighted by atomic mass is 9.77. The van der Waals surface area contributed by atoms with Gasteiger partial charge in [0.1, 0.15) is 24.2 Å². The van der Waals surface area contributed by atoms with Gasteiger partial charge in [-0.2, -0.15) is 0 Å². The molecule has 13 rings (SSSR count). The molecule has 12 N–H and O–H groups in total. The first-order valence-electron chi connectivity index (χ1n) is 34.5. The van der Waals surface area contributed by atoms with Crippen LogP contribution >= 0.6 is 0 Å². The summed E-state index contributed by atoms with van der Waals surface area (Å²) in [5.41, 5.74) is 34.6. The van der Waals surface area contributed by atoms with E-state index in [0.29, 0.717) is 30.4 Å². The molecule has 10 aromatic rings. The maximum Gasteiger partial charge on any atom is 0.338 e. The molecule has 0 saturated heterocycles. The third-order valence-corrected chi connectivity index (χ3v) is 21.5. The van der Waals surface area contributed by atoms with Gasteiger partial charge in [0.15, 0.2) is 0 Å². The number of nitrogens with one attached hydrogen (secondary N) is 4. The highest BCUT2D eigenvalue weighted by Gasteiger charge is 2.53. The van der Waals surface area contributed by atoms with Gasteiger partial charge in [-0.3, -0.25) is 19.2 Å². The minimum absolute atomic E-state index is 0.00767. The van der Waals surface area contributed by atoms with Crippen LogP contribution in [0.5, 0.6) is 0 Å². The number of carbonyl (C=O) groups is 6. The SMILES string of the molecule is N[C@@H](Cc1c[nH]c2ccccc12)C(=O)OC[C@@H]1C[C@@H]([C@@H]2CC[C@H]([C@H]3C[C@H](COC(=O)[C@@H](N)Cc4c[nH]c5ccccc45)[C@H](COC(=O)[C@@H](N)Cc4c[nH]c5ccccc45)[C@@H]3COC(=O)c3ccccc3)C2)[C@H](COC(=O)c2ccccc2)[C@@H]1COC(=O)[C@@H](N)Cc1c[nH]c2ccccc12. The molecule has 3 aliphatic rings. The van der Waals surface area contributed by atoms with Gasteiger partial charge in [-0.05, 0) is 138 Å². The van der Waals surface area contributed by atoms with Gasteiger partial charge in [0, 0.05) is 118 Å². The molecule has 99 heavy (non-hydrogen) atoms. The van der Waals surface area contributed by atoms with Gasteiger partial charge < -0.3 is 71.3 Å². The van der Waals surface area contributed by atoms with Crippen LogP contribution in [0, 0.1) is 59.2 Å². The number of aromatic nitrogens is 4. The highest BCUT2D eigenvalue weighted by Crippen LogP contribution is 2.56. The van der Waals surface area contributed by atoms with Crippen LogP contribution in [0.1, 0.15) is 75.1 Å². The summed E-state index contributed by atoms with van der Waals surface area (Å²) in [5.74, 6) is -6.16. The van der Waals surface area contributed by atoms with E-state index in [-0.39, 0.29) is 101 Å². The van der Waals surface area contributed by atoms with Crippen LogP contribution in [0.25, 0.3) is 43.6 Å². The van der Waals surface area contributed by atoms with Crippen molar-refractivity contribution in [1.29, 1.82) is 0 Å². The predicted octanol–water partition coefficient (Wildman–Crippen LogP) is 10.2. The zero-order valence-electron chi connectivity index (χ0n) is 55.2. The average molecular weight is 1340 g/mol. The van der Waals surface area contributed by atoms with Gasteiger partial charge in [-0.25, -0.2) is 9.59 Å². The molecular weight excluding hydrogens is 1250 g/mol. The van der Waals surface area contributed by atoms with E-state index in [9.17, 15) is 28.8 Å². The van der Waals surface area contributed by atoms with Crippen molar-refractivity contribution < 1.29 is 57.2 Å². The molecule has 6 aromatic carbocycles. The molecule has 4 aromatic heterocycles. The molecule has 0 radical (unpaired) electrons. The van der Waals surface area contributed by atoms with Crippen LogP contribution < -0.4 is 22.9 Å². The van der Waals surface area contributed by atoms with Crippen LogP contribution in [0.4, 0.5) is 0 Å². The number of rotatable bonds is 28. The Morgan fingerprint density at radius 2 is 0.606 bits per heavy atom. The van der Waals surface area contributed by atoms with Crippen LogP contribution in [-0.4, -0.2) is 120 Å². The molecule has 0 aliphatic heterocycles. The van der Waals surface area contributed by atoms with Gasteiger partial charge in [0.05, 0.1) is 50.8 Å². The maximum absolute atomic E-state index is 14.2. The summed E-state index contributed by atoms with van der Waals surface area (Å²) in [6.07, 6.45) is 11.5. The van der Waals surface area contributed by atoms with Crippen molar-refractivity contribution in [1.82, 2.24) is 19.9 Å². The predicted molar refractivity (Wildman–Crippen MR) is 375 cm³/mol. The molecule has 3 saturated carbocycles. The molecule has 3 aliphatic carbocycles. The molecule has 0 bridgehead atoms. The molecule has 20 heteroatoms. The van der Waals surface area contributed by atoms with E-state index < -0.39 is 83.7 Å². The monoisotopic (exact) mass is 1340 g/mol. The highest BCUT2D eigenvalue weighted by atomic mass is 16.6. The fourth-order valence-electron chi connectivity index (χ4n) is 16.3. The second kappa shape index (κ2) is 30.9. The standard InChI is InChI=1S/C79H86N8O12/c80-66(32-50-36-84-70-23-11-7-19-56(50)70)76(90)94-40-54-30-60(64(44-96-74(88)46-15-3-1-4-16-46)62(54)42-98-78(92)68(82)34-52-38-86-72-25-13-9-21-58(52)72)48-27-28-49(29-48)61-31-55(41-95-77(91)67(81)33-51-37-85-71-24-12-8-20-57(51)71)63(65(61)45-97-75(89)47-17-5-2-6-18-47)43-99-79(93)69(83)35-53-39-87-73-26-14-10-22-59(53)73/h1-26,36-39,48-49,54-55,60-69,84-87H,27-35,40-45,80-83H2/t48-,49+,54+,55-,60+,61-,62-,63+,64+,65-,66-,67-,68-,69-/m0/s1. The Bertz CT molecular complexity index is 4170. The molecule has 0 unspecified atom stereocenters. The molecule has 514 valence electrons. The quantitative estimate of drug-likeness (QED) is 0.0167. The fraction of sp³-hybridized carbons (Fsp3) is 0.367. The van der Waals surface area contributed by atoms with Crippen molar-refractivity contribution in [2.75, 3.05) is 39.6 Å². The van der Waals surface area contributed by atoms with E-state index in [1.807, 2.05) is 134 Å². The number of fused-ring (bicyclic) bond motifs is 4. The first-order valence-corrected chi connectivity index (χ1v) is 34.5. The number of nitrogens with two attached hydrogens (primary N) is 4. The summed E-state index contributed by atoms with van der Waals surface area (Å²) < 4.78 is 37.6. The van der Waals surface area contributed by atoms with Crippen LogP contribution in [-0.2, 0) is 73.3 Å². The number of aromatic amines is 4. The number of hydrogen-bond acceptors (Lipinski definition) is 16. The van der Waals surface area contributed by atoms with Crippen molar-refractivity contribution in [2.24, 2.45) is 82.1 Å². The van der Waals surface area contributed by atoms with Gasteiger partial charge in [0.2, 0.25) is 0 Å². The number of benzene rings is 6. The van der Waals surface area contributed by atoms with Crippen molar-refractivity contribution in [3.05, 3.63) is 216 Å². The summed E-state index contributed by atoms with van der Waals surface area (Å²) in [6, 6.07) is 44.7. The summed E-state index contributed by atoms with van der Waals surface area (Å²) in [6.45, 7) is -0.343. The number of carbonyl (C=O) groups excluding carboxylic acids is 6. The molecule has 4 heterocycles. The van der Waals surface area contributed by atoms with Crippen molar-refractivity contribution in [2.45, 2.75) is 82.0 Å². The van der Waals surface area contributed by atoms with Gasteiger partial charge in [-0.15, -0.1) is 0 Å². The zero-order chi connectivity index (χ0) is 68.5. The molecule has 14 atom stereocenters. The smallest absolute Gasteiger partial charge is 0.338 e. The second-order valence-electron chi connectivity index (χ2n) is 27.4. The minimum atomic E-state index is -1.01. The normalized spacial score (nSPS) is 22.6. The van der Waals surface area contributed by atoms with E-state index in [1.165, 1.54) is 0 Å². The Balaban J connectivity index is 0.781. The number of para-hydroxylation sites is 4. The number of H-pyrrole nitrogens is 4.